The number of ether oxygens (including phenoxy) is 1. The molecule has 0 aromatic heterocycles. The van der Waals surface area contributed by atoms with Crippen LogP contribution in [0.2, 0.25) is 0 Å². The van der Waals surface area contributed by atoms with E-state index in [0.29, 0.717) is 38.0 Å². The lowest BCUT2D eigenvalue weighted by atomic mass is 10.1. The third-order valence-corrected chi connectivity index (χ3v) is 3.26. The average Bonchev–Trinajstić information content (AvgIpc) is 2.35. The summed E-state index contributed by atoms with van der Waals surface area (Å²) >= 11 is 8.62. The van der Waals surface area contributed by atoms with Crippen LogP contribution < -0.4 is 11.1 Å². The minimum atomic E-state index is 0.0938. The van der Waals surface area contributed by atoms with E-state index < -0.39 is 0 Å². The summed E-state index contributed by atoms with van der Waals surface area (Å²) in [6.45, 7) is 2.16. The summed E-state index contributed by atoms with van der Waals surface area (Å²) in [4.78, 5) is 11.4. The van der Waals surface area contributed by atoms with Crippen molar-refractivity contribution in [2.24, 2.45) is 5.73 Å². The van der Waals surface area contributed by atoms with Gasteiger partial charge in [0.1, 0.15) is 0 Å². The van der Waals surface area contributed by atoms with Crippen LogP contribution in [-0.4, -0.2) is 43.2 Å². The molecule has 0 spiro atoms. The van der Waals surface area contributed by atoms with Gasteiger partial charge in [-0.1, -0.05) is 6.42 Å². The van der Waals surface area contributed by atoms with Crippen LogP contribution in [-0.2, 0) is 9.53 Å². The van der Waals surface area contributed by atoms with E-state index in [1.807, 2.05) is 0 Å². The van der Waals surface area contributed by atoms with Gasteiger partial charge in [0.15, 0.2) is 0 Å². The second kappa shape index (κ2) is 13.5. The van der Waals surface area contributed by atoms with Crippen molar-refractivity contribution in [1.82, 2.24) is 5.32 Å². The van der Waals surface area contributed by atoms with Crippen molar-refractivity contribution in [3.63, 3.8) is 0 Å². The van der Waals surface area contributed by atoms with Gasteiger partial charge >= 0.3 is 0 Å². The zero-order chi connectivity index (χ0) is 13.6. The normalized spacial score (nSPS) is 12.4. The maximum absolute atomic E-state index is 11.4. The first-order valence-electron chi connectivity index (χ1n) is 6.54. The van der Waals surface area contributed by atoms with E-state index in [-0.39, 0.29) is 5.91 Å². The fourth-order valence-corrected chi connectivity index (χ4v) is 2.32. The minimum Gasteiger partial charge on any atom is -0.378 e. The summed E-state index contributed by atoms with van der Waals surface area (Å²) in [6.07, 6.45) is 4.61. The molecular weight excluding hydrogens is 268 g/mol. The third kappa shape index (κ3) is 12.5. The molecule has 108 valence electrons. The fraction of sp³-hybridized carbons (Fsp3) is 0.917. The molecule has 0 saturated carbocycles. The summed E-state index contributed by atoms with van der Waals surface area (Å²) in [7, 11) is 0. The molecule has 0 saturated heterocycles. The molecule has 1 atom stereocenters. The lowest BCUT2D eigenvalue weighted by Crippen LogP contribution is -2.27. The molecule has 0 aromatic rings. The average molecular weight is 294 g/mol. The monoisotopic (exact) mass is 294 g/mol. The molecule has 3 N–H and O–H groups in total. The van der Waals surface area contributed by atoms with Gasteiger partial charge in [-0.2, -0.15) is 25.3 Å². The Kier molecular flexibility index (Phi) is 13.6. The van der Waals surface area contributed by atoms with Gasteiger partial charge in [0.2, 0.25) is 5.91 Å². The van der Waals surface area contributed by atoms with Crippen molar-refractivity contribution >= 4 is 31.2 Å². The first kappa shape index (κ1) is 18.1. The lowest BCUT2D eigenvalue weighted by molar-refractivity contribution is -0.121. The number of amides is 1. The zero-order valence-electron chi connectivity index (χ0n) is 10.9. The third-order valence-electron chi connectivity index (χ3n) is 2.48. The molecule has 0 fully saturated rings. The molecule has 1 amide bonds. The van der Waals surface area contributed by atoms with Crippen molar-refractivity contribution in [2.75, 3.05) is 32.1 Å². The van der Waals surface area contributed by atoms with Gasteiger partial charge in [-0.15, -0.1) is 0 Å². The number of rotatable bonds is 12. The number of unbranched alkanes of at least 4 members (excludes halogenated alkanes) is 1. The van der Waals surface area contributed by atoms with E-state index in [1.165, 1.54) is 0 Å². The Morgan fingerprint density at radius 3 is 2.72 bits per heavy atom. The molecule has 4 nitrogen and oxygen atoms in total. The van der Waals surface area contributed by atoms with Crippen LogP contribution in [0.4, 0.5) is 0 Å². The highest BCUT2D eigenvalue weighted by Crippen LogP contribution is 2.12. The first-order chi connectivity index (χ1) is 8.70. The molecule has 0 aliphatic carbocycles. The summed E-state index contributed by atoms with van der Waals surface area (Å²) < 4.78 is 5.16. The van der Waals surface area contributed by atoms with E-state index in [4.69, 9.17) is 10.5 Å². The van der Waals surface area contributed by atoms with Gasteiger partial charge in [-0.25, -0.2) is 0 Å². The highest BCUT2D eigenvalue weighted by Gasteiger charge is 2.04. The summed E-state index contributed by atoms with van der Waals surface area (Å²) in [5.41, 5.74) is 5.27. The molecule has 1 unspecified atom stereocenters. The van der Waals surface area contributed by atoms with Crippen molar-refractivity contribution in [3.05, 3.63) is 0 Å². The Labute approximate surface area is 121 Å². The molecule has 0 aliphatic heterocycles. The van der Waals surface area contributed by atoms with Crippen LogP contribution in [0.5, 0.6) is 0 Å². The topological polar surface area (TPSA) is 64.3 Å². The molecule has 0 radical (unpaired) electrons. The predicted molar refractivity (Wildman–Crippen MR) is 82.6 cm³/mol. The van der Waals surface area contributed by atoms with Crippen LogP contribution in [0, 0.1) is 0 Å². The lowest BCUT2D eigenvalue weighted by Gasteiger charge is -2.08. The quantitative estimate of drug-likeness (QED) is 0.324. The Morgan fingerprint density at radius 1 is 1.28 bits per heavy atom. The molecule has 0 aliphatic rings. The molecule has 0 heterocycles. The molecule has 6 heteroatoms. The van der Waals surface area contributed by atoms with Crippen molar-refractivity contribution < 1.29 is 9.53 Å². The Bertz CT molecular complexity index is 207. The number of thiol groups is 2. The summed E-state index contributed by atoms with van der Waals surface area (Å²) in [5.74, 6) is 0.966. The Morgan fingerprint density at radius 2 is 2.06 bits per heavy atom. The standard InChI is InChI=1S/C12H26N2O2S2/c13-6-8-16-9-7-14-12(15)4-2-1-3-11(18)5-10-17/h11,17-18H,1-10,13H2,(H,14,15). The number of carbonyl (C=O) groups is 1. The van der Waals surface area contributed by atoms with Crippen molar-refractivity contribution in [3.8, 4) is 0 Å². The second-order valence-corrected chi connectivity index (χ2v) is 5.34. The van der Waals surface area contributed by atoms with Gasteiger partial charge < -0.3 is 15.8 Å². The number of hydrogen-bond donors (Lipinski definition) is 4. The van der Waals surface area contributed by atoms with E-state index in [0.717, 1.165) is 31.4 Å². The van der Waals surface area contributed by atoms with Crippen LogP contribution in [0.1, 0.15) is 32.1 Å². The van der Waals surface area contributed by atoms with Crippen LogP contribution in [0.15, 0.2) is 0 Å². The van der Waals surface area contributed by atoms with Crippen LogP contribution >= 0.6 is 25.3 Å². The minimum absolute atomic E-state index is 0.0938. The number of nitrogens with one attached hydrogen (secondary N) is 1. The fourth-order valence-electron chi connectivity index (χ4n) is 1.50. The Balaban J connectivity index is 3.26. The zero-order valence-corrected chi connectivity index (χ0v) is 12.7. The van der Waals surface area contributed by atoms with Gasteiger partial charge in [0.05, 0.1) is 13.2 Å². The molecule has 0 bridgehead atoms. The first-order valence-corrected chi connectivity index (χ1v) is 7.69. The smallest absolute Gasteiger partial charge is 0.220 e. The predicted octanol–water partition coefficient (Wildman–Crippen LogP) is 1.26. The largest absolute Gasteiger partial charge is 0.378 e. The van der Waals surface area contributed by atoms with E-state index in [9.17, 15) is 4.79 Å². The van der Waals surface area contributed by atoms with Gasteiger partial charge in [0, 0.05) is 24.8 Å². The van der Waals surface area contributed by atoms with Crippen LogP contribution in [0.25, 0.3) is 0 Å². The number of hydrogen-bond acceptors (Lipinski definition) is 5. The second-order valence-electron chi connectivity index (χ2n) is 4.16. The molecule has 0 rings (SSSR count). The summed E-state index contributed by atoms with van der Waals surface area (Å²) in [6, 6.07) is 0. The maximum Gasteiger partial charge on any atom is 0.220 e. The highest BCUT2D eigenvalue weighted by molar-refractivity contribution is 7.81. The van der Waals surface area contributed by atoms with Gasteiger partial charge in [-0.3, -0.25) is 4.79 Å². The van der Waals surface area contributed by atoms with E-state index in [2.05, 4.69) is 30.6 Å². The number of nitrogens with two attached hydrogens (primary N) is 1. The number of carbonyl (C=O) groups excluding carboxylic acids is 1. The van der Waals surface area contributed by atoms with Gasteiger partial charge in [0.25, 0.3) is 0 Å². The van der Waals surface area contributed by atoms with Crippen molar-refractivity contribution in [1.29, 1.82) is 0 Å². The van der Waals surface area contributed by atoms with Gasteiger partial charge in [-0.05, 0) is 25.0 Å². The highest BCUT2D eigenvalue weighted by atomic mass is 32.1. The van der Waals surface area contributed by atoms with Crippen molar-refractivity contribution in [2.45, 2.75) is 37.4 Å². The molecule has 18 heavy (non-hydrogen) atoms. The SMILES string of the molecule is NCCOCCNC(=O)CCCCC(S)CCS. The summed E-state index contributed by atoms with van der Waals surface area (Å²) in [5, 5.41) is 3.23. The maximum atomic E-state index is 11.4. The van der Waals surface area contributed by atoms with E-state index >= 15 is 0 Å². The molecule has 0 aromatic carbocycles. The van der Waals surface area contributed by atoms with E-state index in [1.54, 1.807) is 0 Å². The van der Waals surface area contributed by atoms with Crippen LogP contribution in [0.3, 0.4) is 0 Å². The molecular formula is C12H26N2O2S2. The Hall–Kier alpha value is 0.0900.